The van der Waals surface area contributed by atoms with Gasteiger partial charge in [-0.15, -0.1) is 0 Å². The first kappa shape index (κ1) is 12.4. The molecule has 2 rings (SSSR count). The van der Waals surface area contributed by atoms with Gasteiger partial charge in [0.1, 0.15) is 5.75 Å². The number of nitrogens with zero attached hydrogens (tertiary/aromatic N) is 1. The minimum atomic E-state index is 0.379. The van der Waals surface area contributed by atoms with Gasteiger partial charge in [-0.1, -0.05) is 6.07 Å². The fourth-order valence-electron chi connectivity index (χ4n) is 2.62. The van der Waals surface area contributed by atoms with Crippen LogP contribution < -0.4 is 0 Å². The van der Waals surface area contributed by atoms with Gasteiger partial charge in [-0.2, -0.15) is 0 Å². The second-order valence-corrected chi connectivity index (χ2v) is 4.76. The molecule has 1 atom stereocenters. The predicted molar refractivity (Wildman–Crippen MR) is 68.3 cm³/mol. The zero-order valence-electron chi connectivity index (χ0n) is 10.6. The highest BCUT2D eigenvalue weighted by molar-refractivity contribution is 5.38. The number of aryl methyl sites for hydroxylation is 1. The van der Waals surface area contributed by atoms with Crippen LogP contribution in [-0.4, -0.2) is 37.3 Å². The third-order valence-electron chi connectivity index (χ3n) is 3.59. The largest absolute Gasteiger partial charge is 0.508 e. The van der Waals surface area contributed by atoms with E-state index in [4.69, 9.17) is 4.74 Å². The van der Waals surface area contributed by atoms with Crippen molar-refractivity contribution in [3.63, 3.8) is 0 Å². The molecule has 1 aromatic carbocycles. The second-order valence-electron chi connectivity index (χ2n) is 4.76. The van der Waals surface area contributed by atoms with E-state index in [0.717, 1.165) is 19.6 Å². The second kappa shape index (κ2) is 5.52. The quantitative estimate of drug-likeness (QED) is 0.869. The Morgan fingerprint density at radius 1 is 1.47 bits per heavy atom. The van der Waals surface area contributed by atoms with E-state index in [9.17, 15) is 5.11 Å². The molecule has 3 nitrogen and oxygen atoms in total. The van der Waals surface area contributed by atoms with Crippen molar-refractivity contribution in [1.29, 1.82) is 0 Å². The van der Waals surface area contributed by atoms with E-state index in [0.29, 0.717) is 11.8 Å². The number of hydrogen-bond acceptors (Lipinski definition) is 3. The fraction of sp³-hybridized carbons (Fsp3) is 0.571. The van der Waals surface area contributed by atoms with Gasteiger partial charge in [0, 0.05) is 19.7 Å². The lowest BCUT2D eigenvalue weighted by Gasteiger charge is -2.33. The van der Waals surface area contributed by atoms with Crippen molar-refractivity contribution in [2.24, 2.45) is 0 Å². The third-order valence-corrected chi connectivity index (χ3v) is 3.59. The summed E-state index contributed by atoms with van der Waals surface area (Å²) >= 11 is 0. The highest BCUT2D eigenvalue weighted by atomic mass is 16.5. The van der Waals surface area contributed by atoms with E-state index in [1.54, 1.807) is 13.2 Å². The van der Waals surface area contributed by atoms with Gasteiger partial charge in [0.05, 0.1) is 6.61 Å². The molecule has 1 unspecified atom stereocenters. The molecule has 0 saturated carbocycles. The molecule has 0 heterocycles. The Kier molecular flexibility index (Phi) is 4.02. The maximum atomic E-state index is 9.52. The van der Waals surface area contributed by atoms with Gasteiger partial charge in [0.15, 0.2) is 0 Å². The average Bonchev–Trinajstić information content (AvgIpc) is 2.34. The molecule has 0 saturated heterocycles. The highest BCUT2D eigenvalue weighted by Gasteiger charge is 2.23. The van der Waals surface area contributed by atoms with E-state index in [2.05, 4.69) is 18.0 Å². The molecule has 0 aromatic heterocycles. The van der Waals surface area contributed by atoms with E-state index in [1.165, 1.54) is 24.0 Å². The van der Waals surface area contributed by atoms with Crippen molar-refractivity contribution in [2.75, 3.05) is 27.3 Å². The van der Waals surface area contributed by atoms with Gasteiger partial charge in [0.2, 0.25) is 0 Å². The summed E-state index contributed by atoms with van der Waals surface area (Å²) in [4.78, 5) is 2.35. The predicted octanol–water partition coefficient (Wildman–Crippen LogP) is 2.35. The van der Waals surface area contributed by atoms with Crippen LogP contribution in [0.15, 0.2) is 18.2 Å². The molecule has 3 heteroatoms. The summed E-state index contributed by atoms with van der Waals surface area (Å²) in [6, 6.07) is 6.24. The van der Waals surface area contributed by atoms with Gasteiger partial charge >= 0.3 is 0 Å². The van der Waals surface area contributed by atoms with Crippen molar-refractivity contribution in [2.45, 2.75) is 25.3 Å². The topological polar surface area (TPSA) is 32.7 Å². The van der Waals surface area contributed by atoms with Crippen molar-refractivity contribution >= 4 is 0 Å². The minimum Gasteiger partial charge on any atom is -0.508 e. The molecule has 94 valence electrons. The molecule has 1 N–H and O–H groups in total. The molecule has 0 radical (unpaired) electrons. The molecular weight excluding hydrogens is 214 g/mol. The standard InChI is InChI=1S/C14H21NO2/c1-15(8-9-17-2)14-5-3-4-11-10-12(16)6-7-13(11)14/h6-7,10,14,16H,3-5,8-9H2,1-2H3. The van der Waals surface area contributed by atoms with E-state index >= 15 is 0 Å². The number of rotatable bonds is 4. The summed E-state index contributed by atoms with van der Waals surface area (Å²) in [6.45, 7) is 1.71. The normalized spacial score (nSPS) is 19.4. The van der Waals surface area contributed by atoms with E-state index in [1.807, 2.05) is 6.07 Å². The lowest BCUT2D eigenvalue weighted by atomic mass is 9.87. The number of likely N-dealkylation sites (N-methyl/N-ethyl adjacent to an activating group) is 1. The van der Waals surface area contributed by atoms with Crippen LogP contribution in [-0.2, 0) is 11.2 Å². The Morgan fingerprint density at radius 3 is 3.06 bits per heavy atom. The van der Waals surface area contributed by atoms with Crippen LogP contribution in [0.5, 0.6) is 5.75 Å². The molecule has 0 spiro atoms. The molecular formula is C14H21NO2. The van der Waals surface area contributed by atoms with Crippen LogP contribution in [0.4, 0.5) is 0 Å². The lowest BCUT2D eigenvalue weighted by molar-refractivity contribution is 0.132. The Balaban J connectivity index is 2.16. The van der Waals surface area contributed by atoms with Gasteiger partial charge < -0.3 is 9.84 Å². The van der Waals surface area contributed by atoms with E-state index < -0.39 is 0 Å². The van der Waals surface area contributed by atoms with Crippen molar-refractivity contribution in [3.05, 3.63) is 29.3 Å². The summed E-state index contributed by atoms with van der Waals surface area (Å²) in [6.07, 6.45) is 3.47. The first-order valence-corrected chi connectivity index (χ1v) is 6.23. The van der Waals surface area contributed by atoms with E-state index in [-0.39, 0.29) is 0 Å². The Morgan fingerprint density at radius 2 is 2.29 bits per heavy atom. The molecule has 17 heavy (non-hydrogen) atoms. The first-order valence-electron chi connectivity index (χ1n) is 6.23. The zero-order valence-corrected chi connectivity index (χ0v) is 10.6. The number of phenolic OH excluding ortho intramolecular Hbond substituents is 1. The number of phenols is 1. The lowest BCUT2D eigenvalue weighted by Crippen LogP contribution is -2.30. The number of fused-ring (bicyclic) bond motifs is 1. The van der Waals surface area contributed by atoms with Crippen LogP contribution in [0.3, 0.4) is 0 Å². The fourth-order valence-corrected chi connectivity index (χ4v) is 2.62. The smallest absolute Gasteiger partial charge is 0.115 e. The Labute approximate surface area is 103 Å². The summed E-state index contributed by atoms with van der Waals surface area (Å²) in [5, 5.41) is 9.52. The molecule has 1 aliphatic carbocycles. The van der Waals surface area contributed by atoms with Crippen LogP contribution in [0.2, 0.25) is 0 Å². The molecule has 0 amide bonds. The summed E-state index contributed by atoms with van der Waals surface area (Å²) < 4.78 is 5.13. The summed E-state index contributed by atoms with van der Waals surface area (Å²) in [7, 11) is 3.88. The highest BCUT2D eigenvalue weighted by Crippen LogP contribution is 2.34. The van der Waals surface area contributed by atoms with Crippen LogP contribution in [0.25, 0.3) is 0 Å². The van der Waals surface area contributed by atoms with Crippen molar-refractivity contribution in [3.8, 4) is 5.75 Å². The number of ether oxygens (including phenoxy) is 1. The maximum Gasteiger partial charge on any atom is 0.115 e. The van der Waals surface area contributed by atoms with Crippen molar-refractivity contribution < 1.29 is 9.84 Å². The molecule has 0 bridgehead atoms. The monoisotopic (exact) mass is 235 g/mol. The van der Waals surface area contributed by atoms with Crippen LogP contribution in [0, 0.1) is 0 Å². The van der Waals surface area contributed by atoms with Crippen LogP contribution >= 0.6 is 0 Å². The van der Waals surface area contributed by atoms with Gasteiger partial charge in [-0.25, -0.2) is 0 Å². The average molecular weight is 235 g/mol. The van der Waals surface area contributed by atoms with Gasteiger partial charge in [-0.3, -0.25) is 4.90 Å². The van der Waals surface area contributed by atoms with Crippen molar-refractivity contribution in [1.82, 2.24) is 4.90 Å². The Bertz CT molecular complexity index is 378. The van der Waals surface area contributed by atoms with Gasteiger partial charge in [-0.05, 0) is 49.6 Å². The molecule has 1 aliphatic rings. The van der Waals surface area contributed by atoms with Gasteiger partial charge in [0.25, 0.3) is 0 Å². The summed E-state index contributed by atoms with van der Waals surface area (Å²) in [5.41, 5.74) is 2.66. The zero-order chi connectivity index (χ0) is 12.3. The maximum absolute atomic E-state index is 9.52. The number of methoxy groups -OCH3 is 1. The minimum absolute atomic E-state index is 0.379. The number of benzene rings is 1. The summed E-state index contributed by atoms with van der Waals surface area (Å²) in [5.74, 6) is 0.379. The van der Waals surface area contributed by atoms with Crippen LogP contribution in [0.1, 0.15) is 30.0 Å². The number of aromatic hydroxyl groups is 1. The first-order chi connectivity index (χ1) is 8.22. The Hall–Kier alpha value is -1.06. The third kappa shape index (κ3) is 2.79. The molecule has 0 fully saturated rings. The SMILES string of the molecule is COCCN(C)C1CCCc2cc(O)ccc21. The molecule has 0 aliphatic heterocycles. The number of hydrogen-bond donors (Lipinski definition) is 1. The molecule has 1 aromatic rings.